The lowest BCUT2D eigenvalue weighted by Gasteiger charge is -2.26. The molecule has 6 nitrogen and oxygen atoms in total. The van der Waals surface area contributed by atoms with Crippen molar-refractivity contribution in [3.8, 4) is 0 Å². The molecule has 1 saturated carbocycles. The molecule has 1 aliphatic carbocycles. The van der Waals surface area contributed by atoms with Crippen LogP contribution in [0.4, 0.5) is 0 Å². The summed E-state index contributed by atoms with van der Waals surface area (Å²) in [5.41, 5.74) is 5.84. The van der Waals surface area contributed by atoms with Gasteiger partial charge in [-0.05, 0) is 44.2 Å². The first kappa shape index (κ1) is 17.4. The van der Waals surface area contributed by atoms with Gasteiger partial charge in [0.15, 0.2) is 0 Å². The summed E-state index contributed by atoms with van der Waals surface area (Å²) in [5, 5.41) is 2.70. The van der Waals surface area contributed by atoms with E-state index in [-0.39, 0.29) is 18.0 Å². The molecule has 8 heteroatoms. The second-order valence-electron chi connectivity index (χ2n) is 5.69. The van der Waals surface area contributed by atoms with Crippen LogP contribution in [0, 0.1) is 0 Å². The first-order valence-corrected chi connectivity index (χ1v) is 9.78. The summed E-state index contributed by atoms with van der Waals surface area (Å²) in [6, 6.07) is 3.61. The van der Waals surface area contributed by atoms with Gasteiger partial charge in [-0.3, -0.25) is 4.79 Å². The minimum absolute atomic E-state index is 0.0188. The fraction of sp³-hybridized carbons (Fsp3) is 0.643. The Morgan fingerprint density at radius 3 is 2.64 bits per heavy atom. The summed E-state index contributed by atoms with van der Waals surface area (Å²) >= 11 is 1.25. The zero-order valence-electron chi connectivity index (χ0n) is 12.7. The zero-order chi connectivity index (χ0) is 16.2. The predicted molar refractivity (Wildman–Crippen MR) is 87.3 cm³/mol. The smallest absolute Gasteiger partial charge is 0.250 e. The van der Waals surface area contributed by atoms with Gasteiger partial charge in [-0.2, -0.15) is 0 Å². The molecule has 0 radical (unpaired) electrons. The van der Waals surface area contributed by atoms with E-state index >= 15 is 0 Å². The van der Waals surface area contributed by atoms with E-state index in [9.17, 15) is 13.2 Å². The molecule has 1 aromatic rings. The van der Waals surface area contributed by atoms with Gasteiger partial charge in [0.2, 0.25) is 15.9 Å². The first-order valence-electron chi connectivity index (χ1n) is 7.48. The largest absolute Gasteiger partial charge is 0.356 e. The maximum absolute atomic E-state index is 12.4. The van der Waals surface area contributed by atoms with Gasteiger partial charge in [-0.25, -0.2) is 13.1 Å². The summed E-state index contributed by atoms with van der Waals surface area (Å²) in [7, 11) is -3.46. The Labute approximate surface area is 135 Å². The topological polar surface area (TPSA) is 101 Å². The molecule has 1 fully saturated rings. The number of amides is 1. The molecule has 0 unspecified atom stereocenters. The fourth-order valence-corrected chi connectivity index (χ4v) is 5.19. The fourth-order valence-electron chi connectivity index (χ4n) is 2.51. The number of hydrogen-bond donors (Lipinski definition) is 3. The van der Waals surface area contributed by atoms with Crippen LogP contribution in [0.3, 0.4) is 0 Å². The molecule has 22 heavy (non-hydrogen) atoms. The van der Waals surface area contributed by atoms with Gasteiger partial charge in [0, 0.05) is 30.4 Å². The van der Waals surface area contributed by atoms with Crippen molar-refractivity contribution in [1.29, 1.82) is 0 Å². The standard InChI is InChI=1S/C14H23N3O3S2/c1-10(18)16-9-8-13-6-7-14(21-13)22(19,20)17-12-4-2-11(15)3-5-12/h6-7,11-12,17H,2-5,8-9,15H2,1H3,(H,16,18). The van der Waals surface area contributed by atoms with Crippen LogP contribution in [0.5, 0.6) is 0 Å². The van der Waals surface area contributed by atoms with Crippen molar-refractivity contribution >= 4 is 27.3 Å². The Morgan fingerprint density at radius 1 is 1.32 bits per heavy atom. The average molecular weight is 345 g/mol. The number of nitrogens with two attached hydrogens (primary N) is 1. The van der Waals surface area contributed by atoms with E-state index in [0.717, 1.165) is 30.6 Å². The molecule has 0 saturated heterocycles. The molecule has 1 aliphatic rings. The third-order valence-electron chi connectivity index (χ3n) is 3.74. The Bertz CT molecular complexity index is 605. The second-order valence-corrected chi connectivity index (χ2v) is 8.80. The lowest BCUT2D eigenvalue weighted by molar-refractivity contribution is -0.118. The van der Waals surface area contributed by atoms with Crippen LogP contribution in [-0.2, 0) is 21.2 Å². The van der Waals surface area contributed by atoms with E-state index in [0.29, 0.717) is 17.2 Å². The van der Waals surface area contributed by atoms with Gasteiger partial charge in [-0.1, -0.05) is 0 Å². The van der Waals surface area contributed by atoms with E-state index in [1.54, 1.807) is 12.1 Å². The van der Waals surface area contributed by atoms with Gasteiger partial charge >= 0.3 is 0 Å². The van der Waals surface area contributed by atoms with Crippen molar-refractivity contribution in [1.82, 2.24) is 10.0 Å². The highest BCUT2D eigenvalue weighted by atomic mass is 32.2. The molecule has 2 rings (SSSR count). The maximum atomic E-state index is 12.4. The minimum Gasteiger partial charge on any atom is -0.356 e. The number of sulfonamides is 1. The lowest BCUT2D eigenvalue weighted by atomic mass is 9.93. The van der Waals surface area contributed by atoms with Crippen LogP contribution in [0.25, 0.3) is 0 Å². The number of carbonyl (C=O) groups excluding carboxylic acids is 1. The number of carbonyl (C=O) groups is 1. The zero-order valence-corrected chi connectivity index (χ0v) is 14.3. The van der Waals surface area contributed by atoms with E-state index in [4.69, 9.17) is 5.73 Å². The van der Waals surface area contributed by atoms with Gasteiger partial charge in [0.25, 0.3) is 0 Å². The Morgan fingerprint density at radius 2 is 2.00 bits per heavy atom. The normalized spacial score (nSPS) is 22.5. The number of nitrogens with one attached hydrogen (secondary N) is 2. The second kappa shape index (κ2) is 7.54. The van der Waals surface area contributed by atoms with Gasteiger partial charge in [0.05, 0.1) is 0 Å². The minimum atomic E-state index is -3.46. The molecule has 4 N–H and O–H groups in total. The lowest BCUT2D eigenvalue weighted by Crippen LogP contribution is -2.40. The maximum Gasteiger partial charge on any atom is 0.250 e. The summed E-state index contributed by atoms with van der Waals surface area (Å²) in [6.45, 7) is 1.98. The molecule has 0 atom stereocenters. The number of hydrogen-bond acceptors (Lipinski definition) is 5. The molecule has 0 aliphatic heterocycles. The van der Waals surface area contributed by atoms with Crippen LogP contribution in [-0.4, -0.2) is 33.0 Å². The van der Waals surface area contributed by atoms with Gasteiger partial charge < -0.3 is 11.1 Å². The van der Waals surface area contributed by atoms with Crippen LogP contribution >= 0.6 is 11.3 Å². The molecule has 0 aromatic carbocycles. The van der Waals surface area contributed by atoms with Crippen molar-refractivity contribution in [3.05, 3.63) is 17.0 Å². The SMILES string of the molecule is CC(=O)NCCc1ccc(S(=O)(=O)NC2CCC(N)CC2)s1. The predicted octanol–water partition coefficient (Wildman–Crippen LogP) is 0.975. The third kappa shape index (κ3) is 5.05. The van der Waals surface area contributed by atoms with Gasteiger partial charge in [-0.15, -0.1) is 11.3 Å². The van der Waals surface area contributed by atoms with E-state index in [1.165, 1.54) is 18.3 Å². The van der Waals surface area contributed by atoms with Crippen LogP contribution in [0.1, 0.15) is 37.5 Å². The summed E-state index contributed by atoms with van der Waals surface area (Å²) in [4.78, 5) is 11.8. The monoisotopic (exact) mass is 345 g/mol. The molecule has 1 amide bonds. The Kier molecular flexibility index (Phi) is 5.96. The highest BCUT2D eigenvalue weighted by Crippen LogP contribution is 2.24. The van der Waals surface area contributed by atoms with Crippen molar-refractivity contribution in [3.63, 3.8) is 0 Å². The highest BCUT2D eigenvalue weighted by molar-refractivity contribution is 7.91. The highest BCUT2D eigenvalue weighted by Gasteiger charge is 2.25. The van der Waals surface area contributed by atoms with Crippen molar-refractivity contribution in [2.24, 2.45) is 5.73 Å². The molecule has 1 heterocycles. The summed E-state index contributed by atoms with van der Waals surface area (Å²) < 4.78 is 27.9. The van der Waals surface area contributed by atoms with E-state index in [2.05, 4.69) is 10.0 Å². The third-order valence-corrected chi connectivity index (χ3v) is 6.90. The van der Waals surface area contributed by atoms with Crippen molar-refractivity contribution in [2.45, 2.75) is 55.3 Å². The van der Waals surface area contributed by atoms with Crippen LogP contribution < -0.4 is 15.8 Å². The van der Waals surface area contributed by atoms with Gasteiger partial charge in [0.1, 0.15) is 4.21 Å². The Hall–Kier alpha value is -0.960. The quantitative estimate of drug-likeness (QED) is 0.715. The molecule has 124 valence electrons. The Balaban J connectivity index is 1.92. The summed E-state index contributed by atoms with van der Waals surface area (Å²) in [6.07, 6.45) is 3.94. The number of rotatable bonds is 6. The van der Waals surface area contributed by atoms with Crippen LogP contribution in [0.15, 0.2) is 16.3 Å². The van der Waals surface area contributed by atoms with E-state index in [1.807, 2.05) is 0 Å². The average Bonchev–Trinajstić information content (AvgIpc) is 2.90. The molecule has 0 spiro atoms. The van der Waals surface area contributed by atoms with Crippen molar-refractivity contribution in [2.75, 3.05) is 6.54 Å². The molecular formula is C14H23N3O3S2. The van der Waals surface area contributed by atoms with E-state index < -0.39 is 10.0 Å². The molecule has 1 aromatic heterocycles. The first-order chi connectivity index (χ1) is 10.4. The van der Waals surface area contributed by atoms with Crippen LogP contribution in [0.2, 0.25) is 0 Å². The molecular weight excluding hydrogens is 322 g/mol. The van der Waals surface area contributed by atoms with Crippen molar-refractivity contribution < 1.29 is 13.2 Å². The number of thiophene rings is 1. The summed E-state index contributed by atoms with van der Waals surface area (Å²) in [5.74, 6) is -0.0819. The molecule has 0 bridgehead atoms.